The molecular weight excluding hydrogens is 589 g/mol. The van der Waals surface area contributed by atoms with Crippen molar-refractivity contribution in [1.82, 2.24) is 4.57 Å². The Morgan fingerprint density at radius 3 is 2.31 bits per heavy atom. The lowest BCUT2D eigenvalue weighted by Crippen LogP contribution is -2.35. The fourth-order valence-electron chi connectivity index (χ4n) is 3.90. The van der Waals surface area contributed by atoms with Gasteiger partial charge in [-0.2, -0.15) is 0 Å². The summed E-state index contributed by atoms with van der Waals surface area (Å²) in [5, 5.41) is 10.3. The standard InChI is InChI=1S/C20H26ClFN4O11P2/c1-3-8(23)6-25(2)16-12(21)15-11(17(27)10(18(28)29)7-26(15)9-4-5-9)14(13(16)22)24-19(30)37-20(38(31,32)33)39(34,35)36/h7-9,20H,3-6,23H2,1-2H3,(H,24,30)(H,28,29)(H2,31,32,33)(H2,34,35,36). The second-order valence-electron chi connectivity index (χ2n) is 8.97. The molecule has 19 heteroatoms. The second kappa shape index (κ2) is 11.1. The molecule has 1 heterocycles. The zero-order valence-electron chi connectivity index (χ0n) is 20.4. The number of rotatable bonds is 10. The fraction of sp³-hybridized carbons (Fsp3) is 0.450. The number of hydrogen-bond donors (Lipinski definition) is 7. The fourth-order valence-corrected chi connectivity index (χ4v) is 6.36. The minimum absolute atomic E-state index is 0.0435. The third-order valence-corrected chi connectivity index (χ3v) is 9.45. The summed E-state index contributed by atoms with van der Waals surface area (Å²) < 4.78 is 44.7. The van der Waals surface area contributed by atoms with Crippen LogP contribution in [0.15, 0.2) is 11.0 Å². The molecule has 3 rings (SSSR count). The maximum atomic E-state index is 16.1. The number of aromatic carboxylic acids is 1. The largest absolute Gasteiger partial charge is 0.477 e. The molecule has 1 aromatic carbocycles. The molecule has 8 N–H and O–H groups in total. The second-order valence-corrected chi connectivity index (χ2v) is 13.1. The van der Waals surface area contributed by atoms with E-state index in [2.05, 4.69) is 4.74 Å². The molecule has 1 unspecified atom stereocenters. The number of amides is 1. The summed E-state index contributed by atoms with van der Waals surface area (Å²) in [6.07, 6.45) is 0.693. The van der Waals surface area contributed by atoms with E-state index in [0.29, 0.717) is 19.3 Å². The Balaban J connectivity index is 2.33. The highest BCUT2D eigenvalue weighted by molar-refractivity contribution is 7.70. The molecule has 1 aliphatic carbocycles. The van der Waals surface area contributed by atoms with E-state index in [1.165, 1.54) is 16.5 Å². The number of anilines is 2. The average Bonchev–Trinajstić information content (AvgIpc) is 3.63. The summed E-state index contributed by atoms with van der Waals surface area (Å²) in [5.74, 6) is -3.03. The number of nitrogens with zero attached hydrogens (tertiary/aromatic N) is 2. The van der Waals surface area contributed by atoms with Crippen LogP contribution in [0.2, 0.25) is 5.02 Å². The van der Waals surface area contributed by atoms with Crippen LogP contribution in [0.4, 0.5) is 20.6 Å². The Bertz CT molecular complexity index is 1460. The molecular formula is C20H26ClFN4O11P2. The van der Waals surface area contributed by atoms with Crippen molar-refractivity contribution in [1.29, 1.82) is 0 Å². The number of carbonyl (C=O) groups excluding carboxylic acids is 1. The van der Waals surface area contributed by atoms with Gasteiger partial charge in [0.1, 0.15) is 5.56 Å². The first kappa shape index (κ1) is 31.0. The van der Waals surface area contributed by atoms with Crippen LogP contribution in [0.5, 0.6) is 0 Å². The molecule has 0 aliphatic heterocycles. The Morgan fingerprint density at radius 2 is 1.85 bits per heavy atom. The molecule has 15 nitrogen and oxygen atoms in total. The summed E-state index contributed by atoms with van der Waals surface area (Å²) in [4.78, 5) is 75.9. The van der Waals surface area contributed by atoms with E-state index in [9.17, 15) is 48.2 Å². The first-order chi connectivity index (χ1) is 17.9. The number of hydrogen-bond acceptors (Lipinski definition) is 8. The minimum atomic E-state index is -5.74. The van der Waals surface area contributed by atoms with Gasteiger partial charge in [0.05, 0.1) is 27.3 Å². The molecule has 0 radical (unpaired) electrons. The van der Waals surface area contributed by atoms with Gasteiger partial charge in [0.25, 0.3) is 0 Å². The van der Waals surface area contributed by atoms with Gasteiger partial charge in [0.15, 0.2) is 5.82 Å². The predicted octanol–water partition coefficient (Wildman–Crippen LogP) is 2.19. The van der Waals surface area contributed by atoms with Crippen LogP contribution in [-0.4, -0.2) is 66.5 Å². The number of carboxylic acid groups (broad SMARTS) is 1. The molecule has 1 saturated carbocycles. The quantitative estimate of drug-likeness (QED) is 0.190. The van der Waals surface area contributed by atoms with Gasteiger partial charge in [-0.25, -0.2) is 14.0 Å². The molecule has 0 bridgehead atoms. The number of aromatic nitrogens is 1. The molecule has 216 valence electrons. The van der Waals surface area contributed by atoms with Gasteiger partial charge >= 0.3 is 32.8 Å². The van der Waals surface area contributed by atoms with Crippen LogP contribution in [0.25, 0.3) is 10.9 Å². The summed E-state index contributed by atoms with van der Waals surface area (Å²) in [6, 6.07) is -0.784. The highest BCUT2D eigenvalue weighted by atomic mass is 35.5. The van der Waals surface area contributed by atoms with E-state index in [0.717, 1.165) is 6.20 Å². The molecule has 2 aromatic rings. The maximum Gasteiger partial charge on any atom is 0.413 e. The SMILES string of the molecule is CCC(N)CN(C)c1c(F)c(NC(=O)OC(P(=O)(O)O)P(=O)(O)O)c2c(=O)c(C(=O)O)cn(C3CC3)c2c1Cl. The van der Waals surface area contributed by atoms with Crippen LogP contribution in [0.3, 0.4) is 0 Å². The zero-order chi connectivity index (χ0) is 29.6. The van der Waals surface area contributed by atoms with Crippen LogP contribution >= 0.6 is 26.8 Å². The van der Waals surface area contributed by atoms with Gasteiger partial charge < -0.3 is 44.6 Å². The molecule has 1 aliphatic rings. The monoisotopic (exact) mass is 614 g/mol. The molecule has 1 fully saturated rings. The van der Waals surface area contributed by atoms with Crippen molar-refractivity contribution in [2.75, 3.05) is 23.8 Å². The van der Waals surface area contributed by atoms with Crippen LogP contribution < -0.4 is 21.4 Å². The van der Waals surface area contributed by atoms with Crippen molar-refractivity contribution in [3.8, 4) is 0 Å². The molecule has 1 amide bonds. The lowest BCUT2D eigenvalue weighted by molar-refractivity contribution is 0.0694. The summed E-state index contributed by atoms with van der Waals surface area (Å²) in [6.45, 7) is 1.82. The molecule has 0 saturated heterocycles. The molecule has 39 heavy (non-hydrogen) atoms. The Labute approximate surface area is 224 Å². The van der Waals surface area contributed by atoms with Crippen molar-refractivity contribution >= 4 is 61.1 Å². The van der Waals surface area contributed by atoms with Crippen molar-refractivity contribution in [3.05, 3.63) is 32.8 Å². The molecule has 1 atom stereocenters. The van der Waals surface area contributed by atoms with Crippen LogP contribution in [0.1, 0.15) is 42.6 Å². The van der Waals surface area contributed by atoms with Crippen LogP contribution in [-0.2, 0) is 13.9 Å². The number of nitrogens with two attached hydrogens (primary N) is 1. The average molecular weight is 615 g/mol. The van der Waals surface area contributed by atoms with Crippen molar-refractivity contribution < 1.29 is 52.5 Å². The number of halogens is 2. The lowest BCUT2D eigenvalue weighted by Gasteiger charge is -2.27. The van der Waals surface area contributed by atoms with Crippen LogP contribution in [0, 0.1) is 5.82 Å². The zero-order valence-corrected chi connectivity index (χ0v) is 23.0. The van der Waals surface area contributed by atoms with E-state index in [1.54, 1.807) is 12.2 Å². The summed E-state index contributed by atoms with van der Waals surface area (Å²) in [7, 11) is -10.1. The van der Waals surface area contributed by atoms with Gasteiger partial charge in [0.2, 0.25) is 5.43 Å². The number of nitrogens with one attached hydrogen (secondary N) is 1. The smallest absolute Gasteiger partial charge is 0.413 e. The first-order valence-electron chi connectivity index (χ1n) is 11.3. The van der Waals surface area contributed by atoms with Crippen molar-refractivity contribution in [2.24, 2.45) is 5.73 Å². The predicted molar refractivity (Wildman–Crippen MR) is 138 cm³/mol. The van der Waals surface area contributed by atoms with E-state index in [-0.39, 0.29) is 28.8 Å². The molecule has 0 spiro atoms. The normalized spacial score (nSPS) is 14.9. The van der Waals surface area contributed by atoms with Gasteiger partial charge in [0, 0.05) is 31.9 Å². The number of pyridine rings is 1. The van der Waals surface area contributed by atoms with E-state index < -0.39 is 66.8 Å². The third-order valence-electron chi connectivity index (χ3n) is 5.93. The highest BCUT2D eigenvalue weighted by Gasteiger charge is 2.47. The van der Waals surface area contributed by atoms with E-state index >= 15 is 4.39 Å². The number of benzene rings is 1. The van der Waals surface area contributed by atoms with Gasteiger partial charge in [-0.15, -0.1) is 0 Å². The number of fused-ring (bicyclic) bond motifs is 1. The highest BCUT2D eigenvalue weighted by Crippen LogP contribution is 2.60. The Morgan fingerprint density at radius 1 is 1.28 bits per heavy atom. The van der Waals surface area contributed by atoms with Crippen molar-refractivity contribution in [3.63, 3.8) is 0 Å². The van der Waals surface area contributed by atoms with Crippen molar-refractivity contribution in [2.45, 2.75) is 43.9 Å². The number of likely N-dealkylation sites (N-methyl/N-ethyl adjacent to an activating group) is 1. The number of carboxylic acids is 1. The number of carbonyl (C=O) groups is 2. The summed E-state index contributed by atoms with van der Waals surface area (Å²) in [5.41, 5.74) is -0.808. The topological polar surface area (TPSA) is 242 Å². The summed E-state index contributed by atoms with van der Waals surface area (Å²) >= 11 is 6.58. The van der Waals surface area contributed by atoms with E-state index in [1.807, 2.05) is 0 Å². The molecule has 1 aromatic heterocycles. The maximum absolute atomic E-state index is 16.1. The van der Waals surface area contributed by atoms with Gasteiger partial charge in [-0.1, -0.05) is 18.5 Å². The lowest BCUT2D eigenvalue weighted by atomic mass is 10.1. The first-order valence-corrected chi connectivity index (χ1v) is 15.0. The van der Waals surface area contributed by atoms with Gasteiger partial charge in [-0.3, -0.25) is 19.2 Å². The minimum Gasteiger partial charge on any atom is -0.477 e. The van der Waals surface area contributed by atoms with E-state index in [4.69, 9.17) is 17.3 Å². The number of ether oxygens (including phenoxy) is 1. The van der Waals surface area contributed by atoms with Gasteiger partial charge in [-0.05, 0) is 19.3 Å². The third kappa shape index (κ3) is 6.44. The Kier molecular flexibility index (Phi) is 8.85. The Hall–Kier alpha value is -2.55.